The third-order valence-corrected chi connectivity index (χ3v) is 3.20. The minimum atomic E-state index is 0.0237. The number of aromatic nitrogens is 2. The second-order valence-corrected chi connectivity index (χ2v) is 5.00. The van der Waals surface area contributed by atoms with Crippen molar-refractivity contribution in [1.29, 1.82) is 0 Å². The van der Waals surface area contributed by atoms with E-state index in [1.54, 1.807) is 6.33 Å². The Kier molecular flexibility index (Phi) is 4.16. The zero-order valence-electron chi connectivity index (χ0n) is 11.4. The molecule has 0 saturated carbocycles. The van der Waals surface area contributed by atoms with Gasteiger partial charge in [-0.15, -0.1) is 0 Å². The smallest absolute Gasteiger partial charge is 0.224 e. The Labute approximate surface area is 112 Å². The lowest BCUT2D eigenvalue weighted by Gasteiger charge is -2.10. The number of carbonyl (C=O) groups is 1. The molecule has 3 N–H and O–H groups in total. The first-order valence-electron chi connectivity index (χ1n) is 6.47. The first-order valence-corrected chi connectivity index (χ1v) is 6.47. The summed E-state index contributed by atoms with van der Waals surface area (Å²) in [5.74, 6) is 0.331. The number of amides is 1. The van der Waals surface area contributed by atoms with Crippen molar-refractivity contribution in [2.24, 2.45) is 18.7 Å². The summed E-state index contributed by atoms with van der Waals surface area (Å²) in [4.78, 5) is 16.1. The molecule has 1 aromatic heterocycles. The van der Waals surface area contributed by atoms with Crippen LogP contribution >= 0.6 is 0 Å². The Morgan fingerprint density at radius 2 is 2.32 bits per heavy atom. The van der Waals surface area contributed by atoms with Crippen LogP contribution in [0.5, 0.6) is 0 Å². The summed E-state index contributed by atoms with van der Waals surface area (Å²) in [5, 5.41) is 2.89. The van der Waals surface area contributed by atoms with Gasteiger partial charge in [0.2, 0.25) is 5.91 Å². The van der Waals surface area contributed by atoms with E-state index in [4.69, 9.17) is 5.73 Å². The topological polar surface area (TPSA) is 72.9 Å². The van der Waals surface area contributed by atoms with Crippen LogP contribution in [0.4, 0.5) is 0 Å². The second-order valence-electron chi connectivity index (χ2n) is 5.00. The molecule has 0 bridgehead atoms. The summed E-state index contributed by atoms with van der Waals surface area (Å²) in [7, 11) is 1.95. The minimum absolute atomic E-state index is 0.0237. The van der Waals surface area contributed by atoms with E-state index in [0.717, 1.165) is 16.6 Å². The van der Waals surface area contributed by atoms with Crippen LogP contribution < -0.4 is 11.1 Å². The van der Waals surface area contributed by atoms with Crippen molar-refractivity contribution in [2.75, 3.05) is 13.1 Å². The first kappa shape index (κ1) is 13.5. The molecule has 102 valence electrons. The zero-order valence-corrected chi connectivity index (χ0v) is 11.4. The summed E-state index contributed by atoms with van der Waals surface area (Å²) in [6, 6.07) is 5.92. The van der Waals surface area contributed by atoms with Gasteiger partial charge in [0.05, 0.1) is 23.8 Å². The quantitative estimate of drug-likeness (QED) is 0.836. The van der Waals surface area contributed by atoms with E-state index in [0.29, 0.717) is 25.4 Å². The van der Waals surface area contributed by atoms with Crippen LogP contribution in [-0.4, -0.2) is 28.5 Å². The number of imidazole rings is 1. The molecule has 1 unspecified atom stereocenters. The zero-order chi connectivity index (χ0) is 13.8. The van der Waals surface area contributed by atoms with Crippen molar-refractivity contribution in [3.05, 3.63) is 30.1 Å². The van der Waals surface area contributed by atoms with Crippen LogP contribution in [0.2, 0.25) is 0 Å². The Morgan fingerprint density at radius 3 is 3.05 bits per heavy atom. The number of aryl methyl sites for hydroxylation is 1. The second kappa shape index (κ2) is 5.84. The normalized spacial score (nSPS) is 12.6. The standard InChI is InChI=1S/C14H20N4O/c1-10(7-15)8-16-14(19)6-11-3-4-13-12(5-11)17-9-18(13)2/h3-5,9-10H,6-8,15H2,1-2H3,(H,16,19). The van der Waals surface area contributed by atoms with Crippen molar-refractivity contribution >= 4 is 16.9 Å². The van der Waals surface area contributed by atoms with Crippen LogP contribution in [0.15, 0.2) is 24.5 Å². The summed E-state index contributed by atoms with van der Waals surface area (Å²) >= 11 is 0. The highest BCUT2D eigenvalue weighted by Crippen LogP contribution is 2.14. The molecule has 0 radical (unpaired) electrons. The van der Waals surface area contributed by atoms with Crippen LogP contribution in [0, 0.1) is 5.92 Å². The lowest BCUT2D eigenvalue weighted by atomic mass is 10.1. The van der Waals surface area contributed by atoms with Gasteiger partial charge in [0.15, 0.2) is 0 Å². The molecule has 1 aromatic carbocycles. The lowest BCUT2D eigenvalue weighted by molar-refractivity contribution is -0.120. The van der Waals surface area contributed by atoms with Gasteiger partial charge in [0.1, 0.15) is 0 Å². The fraction of sp³-hybridized carbons (Fsp3) is 0.429. The average Bonchev–Trinajstić information content (AvgIpc) is 2.77. The van der Waals surface area contributed by atoms with E-state index < -0.39 is 0 Å². The number of hydrogen-bond acceptors (Lipinski definition) is 3. The predicted molar refractivity (Wildman–Crippen MR) is 75.6 cm³/mol. The number of nitrogens with two attached hydrogens (primary N) is 1. The van der Waals surface area contributed by atoms with Crippen molar-refractivity contribution in [3.63, 3.8) is 0 Å². The largest absolute Gasteiger partial charge is 0.356 e. The number of rotatable bonds is 5. The first-order chi connectivity index (χ1) is 9.10. The maximum atomic E-state index is 11.8. The number of hydrogen-bond donors (Lipinski definition) is 2. The molecule has 2 aromatic rings. The van der Waals surface area contributed by atoms with Crippen LogP contribution in [0.1, 0.15) is 12.5 Å². The molecular weight excluding hydrogens is 240 g/mol. The molecule has 0 aliphatic heterocycles. The number of benzene rings is 1. The van der Waals surface area contributed by atoms with Gasteiger partial charge >= 0.3 is 0 Å². The molecule has 0 saturated heterocycles. The molecular formula is C14H20N4O. The third-order valence-electron chi connectivity index (χ3n) is 3.20. The van der Waals surface area contributed by atoms with Crippen LogP contribution in [-0.2, 0) is 18.3 Å². The summed E-state index contributed by atoms with van der Waals surface area (Å²) in [5.41, 5.74) is 8.48. The molecule has 0 aliphatic carbocycles. The SMILES string of the molecule is CC(CN)CNC(=O)Cc1ccc2c(c1)ncn2C. The molecule has 1 heterocycles. The van der Waals surface area contributed by atoms with Crippen molar-refractivity contribution < 1.29 is 4.79 Å². The van der Waals surface area contributed by atoms with E-state index in [9.17, 15) is 4.79 Å². The number of nitrogens with zero attached hydrogens (tertiary/aromatic N) is 2. The fourth-order valence-electron chi connectivity index (χ4n) is 1.91. The van der Waals surface area contributed by atoms with Crippen LogP contribution in [0.3, 0.4) is 0 Å². The van der Waals surface area contributed by atoms with Gasteiger partial charge in [-0.2, -0.15) is 0 Å². The lowest BCUT2D eigenvalue weighted by Crippen LogP contribution is -2.32. The van der Waals surface area contributed by atoms with Crippen molar-refractivity contribution in [1.82, 2.24) is 14.9 Å². The molecule has 1 atom stereocenters. The Balaban J connectivity index is 1.99. The van der Waals surface area contributed by atoms with Gasteiger partial charge in [0.25, 0.3) is 0 Å². The highest BCUT2D eigenvalue weighted by Gasteiger charge is 2.07. The summed E-state index contributed by atoms with van der Waals surface area (Å²) in [6.07, 6.45) is 2.15. The van der Waals surface area contributed by atoms with Gasteiger partial charge < -0.3 is 15.6 Å². The summed E-state index contributed by atoms with van der Waals surface area (Å²) < 4.78 is 1.96. The Hall–Kier alpha value is -1.88. The molecule has 19 heavy (non-hydrogen) atoms. The molecule has 2 rings (SSSR count). The highest BCUT2D eigenvalue weighted by atomic mass is 16.1. The maximum absolute atomic E-state index is 11.8. The van der Waals surface area contributed by atoms with Crippen molar-refractivity contribution in [3.8, 4) is 0 Å². The van der Waals surface area contributed by atoms with Gasteiger partial charge in [-0.3, -0.25) is 4.79 Å². The van der Waals surface area contributed by atoms with Crippen LogP contribution in [0.25, 0.3) is 11.0 Å². The predicted octanol–water partition coefficient (Wildman–Crippen LogP) is 0.827. The van der Waals surface area contributed by atoms with E-state index in [1.165, 1.54) is 0 Å². The number of fused-ring (bicyclic) bond motifs is 1. The molecule has 1 amide bonds. The van der Waals surface area contributed by atoms with Gasteiger partial charge in [-0.05, 0) is 30.2 Å². The molecule has 0 aliphatic rings. The Morgan fingerprint density at radius 1 is 1.53 bits per heavy atom. The molecule has 5 nitrogen and oxygen atoms in total. The Bertz CT molecular complexity index is 576. The van der Waals surface area contributed by atoms with E-state index in [-0.39, 0.29) is 5.91 Å². The van der Waals surface area contributed by atoms with Gasteiger partial charge in [0, 0.05) is 13.6 Å². The third kappa shape index (κ3) is 3.32. The number of carbonyl (C=O) groups excluding carboxylic acids is 1. The van der Waals surface area contributed by atoms with Crippen molar-refractivity contribution in [2.45, 2.75) is 13.3 Å². The van der Waals surface area contributed by atoms with Gasteiger partial charge in [-0.25, -0.2) is 4.98 Å². The number of nitrogens with one attached hydrogen (secondary N) is 1. The van der Waals surface area contributed by atoms with E-state index in [2.05, 4.69) is 10.3 Å². The maximum Gasteiger partial charge on any atom is 0.224 e. The minimum Gasteiger partial charge on any atom is -0.356 e. The van der Waals surface area contributed by atoms with E-state index in [1.807, 2.05) is 36.7 Å². The fourth-order valence-corrected chi connectivity index (χ4v) is 1.91. The monoisotopic (exact) mass is 260 g/mol. The average molecular weight is 260 g/mol. The highest BCUT2D eigenvalue weighted by molar-refractivity contribution is 5.81. The van der Waals surface area contributed by atoms with E-state index >= 15 is 0 Å². The molecule has 0 spiro atoms. The molecule has 5 heteroatoms. The summed E-state index contributed by atoms with van der Waals surface area (Å²) in [6.45, 7) is 3.22. The van der Waals surface area contributed by atoms with Gasteiger partial charge in [-0.1, -0.05) is 13.0 Å². The molecule has 0 fully saturated rings.